The van der Waals surface area contributed by atoms with Crippen LogP contribution in [-0.2, 0) is 0 Å². The zero-order valence-electron chi connectivity index (χ0n) is 47.3. The Hall–Kier alpha value is -9.04. The predicted octanol–water partition coefficient (Wildman–Crippen LogP) is 16.9. The molecule has 8 nitrogen and oxygen atoms in total. The first-order chi connectivity index (χ1) is 41.5. The van der Waals surface area contributed by atoms with Gasteiger partial charge in [0, 0.05) is 85.9 Å². The van der Waals surface area contributed by atoms with Crippen LogP contribution in [0.15, 0.2) is 267 Å². The van der Waals surface area contributed by atoms with Gasteiger partial charge in [-0.05, 0) is 87.8 Å². The first-order valence-corrected chi connectivity index (χ1v) is 28.7. The Labute approximate surface area is 521 Å². The molecule has 16 rings (SSSR count). The van der Waals surface area contributed by atoms with Crippen LogP contribution in [0.1, 0.15) is 2.80 Å². The van der Waals surface area contributed by atoms with E-state index in [0.717, 1.165) is 33.2 Å². The molecule has 0 aliphatic rings. The summed E-state index contributed by atoms with van der Waals surface area (Å²) < 4.78 is 22.9. The van der Waals surface area contributed by atoms with Gasteiger partial charge in [-0.3, -0.25) is 8.96 Å². The summed E-state index contributed by atoms with van der Waals surface area (Å²) in [7, 11) is -1.00. The predicted molar refractivity (Wildman–Crippen MR) is 346 cm³/mol. The normalized spacial score (nSPS) is 11.1. The molecule has 16 aromatic rings. The van der Waals surface area contributed by atoms with Crippen LogP contribution in [0.2, 0.25) is 5.28 Å². The van der Waals surface area contributed by atoms with E-state index in [1.54, 1.807) is 0 Å². The Bertz CT molecular complexity index is 4840. The molecule has 84 heavy (non-hydrogen) atoms. The van der Waals surface area contributed by atoms with Crippen molar-refractivity contribution >= 4 is 96.4 Å². The van der Waals surface area contributed by atoms with Crippen LogP contribution in [0.3, 0.4) is 0 Å². The van der Waals surface area contributed by atoms with Crippen LogP contribution in [0.4, 0.5) is 4.39 Å². The van der Waals surface area contributed by atoms with Gasteiger partial charge in [-0.25, -0.2) is 9.97 Å². The maximum Gasteiger partial charge on any atom is 1.00 e. The number of rotatable bonds is 7. The monoisotopic (exact) mass is 1160 g/mol. The van der Waals surface area contributed by atoms with Crippen molar-refractivity contribution in [3.8, 4) is 73.8 Å². The number of H-pyrrole nitrogens is 1. The Kier molecular flexibility index (Phi) is 16.3. The van der Waals surface area contributed by atoms with E-state index < -0.39 is 7.15 Å². The van der Waals surface area contributed by atoms with Crippen molar-refractivity contribution in [2.75, 3.05) is 7.15 Å². The van der Waals surface area contributed by atoms with Gasteiger partial charge in [-0.1, -0.05) is 206 Å². The number of nitrogens with zero attached hydrogens (tertiary/aromatic N) is 7. The Morgan fingerprint density at radius 3 is 1.33 bits per heavy atom. The molecule has 0 radical (unpaired) electrons. The van der Waals surface area contributed by atoms with Crippen molar-refractivity contribution in [2.24, 2.45) is 0 Å². The van der Waals surface area contributed by atoms with E-state index in [4.69, 9.17) is 27.9 Å². The molecule has 10 aromatic carbocycles. The molecule has 400 valence electrons. The summed E-state index contributed by atoms with van der Waals surface area (Å²) in [5.74, 6) is 3.07. The van der Waals surface area contributed by atoms with Crippen molar-refractivity contribution < 1.29 is 36.7 Å². The summed E-state index contributed by atoms with van der Waals surface area (Å²) in [6.07, 6.45) is 4.04. The minimum atomic E-state index is -1.00. The van der Waals surface area contributed by atoms with Gasteiger partial charge in [-0.15, -0.1) is 22.7 Å². The van der Waals surface area contributed by atoms with Crippen molar-refractivity contribution in [1.82, 2.24) is 39.5 Å². The van der Waals surface area contributed by atoms with Gasteiger partial charge < -0.3 is 6.41 Å². The number of hydrogen-bond acceptors (Lipinski definition) is 8. The first kappa shape index (κ1) is 54.2. The van der Waals surface area contributed by atoms with Crippen LogP contribution >= 0.6 is 34.3 Å². The molecule has 0 spiro atoms. The number of nitrogens with one attached hydrogen (secondary N) is 1. The van der Waals surface area contributed by atoms with E-state index in [2.05, 4.69) is 158 Å². The fourth-order valence-corrected chi connectivity index (χ4v) is 13.0. The molecule has 0 aliphatic carbocycles. The molecule has 0 saturated carbocycles. The third-order valence-electron chi connectivity index (χ3n) is 14.2. The minimum absolute atomic E-state index is 0. The van der Waals surface area contributed by atoms with E-state index in [0.29, 0.717) is 29.2 Å². The molecule has 0 saturated heterocycles. The minimum Gasteiger partial charge on any atom is -1.00 e. The van der Waals surface area contributed by atoms with Crippen LogP contribution in [-0.4, -0.2) is 46.6 Å². The summed E-state index contributed by atoms with van der Waals surface area (Å²) in [4.78, 5) is 30.7. The molecule has 0 unspecified atom stereocenters. The Balaban J connectivity index is 0.000000141. The molecule has 0 atom stereocenters. The zero-order chi connectivity index (χ0) is 56.8. The van der Waals surface area contributed by atoms with Gasteiger partial charge in [0.25, 0.3) is 0 Å². The second-order valence-electron chi connectivity index (χ2n) is 19.3. The summed E-state index contributed by atoms with van der Waals surface area (Å²) in [5, 5.41) is 7.93. The number of halogens is 2. The zero-order valence-corrected chi connectivity index (χ0v) is 49.7. The van der Waals surface area contributed by atoms with E-state index >= 15 is 0 Å². The quantitative estimate of drug-likeness (QED) is 0.160. The van der Waals surface area contributed by atoms with Gasteiger partial charge >= 0.3 is 29.6 Å². The fourth-order valence-electron chi connectivity index (χ4n) is 10.3. The molecular weight excluding hydrogens is 1110 g/mol. The number of thiophene rings is 2. The number of alkyl halides is 1. The number of benzene rings is 10. The molecule has 0 amide bonds. The number of fused-ring (bicyclic) bond motifs is 8. The van der Waals surface area contributed by atoms with Gasteiger partial charge in [0.2, 0.25) is 11.2 Å². The standard InChI is InChI=1S/C35H22N4S.C20H13NS.C15H10ClN3.CH3F.Na.H/c1-3-10-23(11-4-1)33-36-34(24-12-5-2-6-13-24)38-35(37-33)39-21-20-26-22-25(18-19-30(26)39)27-15-9-16-29-28-14-7-8-17-31(28)40-32(27)29;1-2-7-19-16(4-1)17-6-3-5-15(20(17)22-19)13-8-9-18-14(12-13)10-11-21-18;16-15-18-13(11-7-3-1-4-8-11)17-14(19-15)12-9-5-2-6-10-12;1-2;;/h1-22H;1-12,21H;1-10H;1H3;;/q;;;;+1;-1/i;;;1D;;. The molecule has 13 heteroatoms. The molecular formula is C71H49ClFN8NaS2. The molecule has 6 heterocycles. The smallest absolute Gasteiger partial charge is 1.00 e. The first-order valence-electron chi connectivity index (χ1n) is 27.4. The summed E-state index contributed by atoms with van der Waals surface area (Å²) in [5.41, 5.74) is 11.1. The van der Waals surface area contributed by atoms with Gasteiger partial charge in [0.05, 0.1) is 14.0 Å². The largest absolute Gasteiger partial charge is 1.00 e. The van der Waals surface area contributed by atoms with Crippen LogP contribution in [0.25, 0.3) is 136 Å². The van der Waals surface area contributed by atoms with Crippen LogP contribution in [0, 0.1) is 0 Å². The van der Waals surface area contributed by atoms with E-state index in [1.165, 1.54) is 73.5 Å². The van der Waals surface area contributed by atoms with E-state index in [-0.39, 0.29) is 36.3 Å². The second-order valence-corrected chi connectivity index (χ2v) is 21.7. The second kappa shape index (κ2) is 25.2. The Morgan fingerprint density at radius 2 is 0.845 bits per heavy atom. The summed E-state index contributed by atoms with van der Waals surface area (Å²) in [6, 6.07) is 87.6. The molecule has 6 aromatic heterocycles. The number of hydrogen-bond donors (Lipinski definition) is 1. The fraction of sp³-hybridized carbons (Fsp3) is 0.0141. The van der Waals surface area contributed by atoms with Crippen molar-refractivity contribution in [2.45, 2.75) is 0 Å². The van der Waals surface area contributed by atoms with Gasteiger partial charge in [0.1, 0.15) is 0 Å². The third kappa shape index (κ3) is 11.4. The van der Waals surface area contributed by atoms with Crippen LogP contribution in [0.5, 0.6) is 0 Å². The maximum atomic E-state index is 9.96. The third-order valence-corrected chi connectivity index (χ3v) is 16.9. The summed E-state index contributed by atoms with van der Waals surface area (Å²) in [6.45, 7) is 0. The SMILES string of the molecule is Clc1nc(-c2ccccc2)nc(-c2ccccc2)n1.[2H]CF.[H-].[Na+].c1ccc(-c2nc(-c3ccccc3)nc(-n3ccc4cc(-c5cccc6c5sc5ccccc56)ccc43)n2)cc1.c1ccc2c(c1)sc1c(-c3ccc4[nH]ccc4c3)cccc12. The Morgan fingerprint density at radius 1 is 0.429 bits per heavy atom. The molecule has 0 bridgehead atoms. The average Bonchev–Trinajstić information content (AvgIpc) is 3.73. The van der Waals surface area contributed by atoms with Crippen LogP contribution < -0.4 is 29.6 Å². The average molecular weight is 1160 g/mol. The van der Waals surface area contributed by atoms with Crippen molar-refractivity contribution in [1.29, 1.82) is 0 Å². The topological polar surface area (TPSA) is 98.1 Å². The molecule has 1 N–H and O–H groups in total. The number of aromatic amines is 1. The number of aromatic nitrogens is 8. The summed E-state index contributed by atoms with van der Waals surface area (Å²) >= 11 is 9.73. The van der Waals surface area contributed by atoms with Crippen molar-refractivity contribution in [3.05, 3.63) is 272 Å². The van der Waals surface area contributed by atoms with Crippen molar-refractivity contribution in [3.63, 3.8) is 0 Å². The van der Waals surface area contributed by atoms with Gasteiger partial charge in [0.15, 0.2) is 23.3 Å². The van der Waals surface area contributed by atoms with E-state index in [9.17, 15) is 4.39 Å². The van der Waals surface area contributed by atoms with E-state index in [1.807, 2.05) is 156 Å². The molecule has 0 aliphatic heterocycles. The van der Waals surface area contributed by atoms with Gasteiger partial charge in [-0.2, -0.15) is 19.9 Å². The molecule has 0 fully saturated rings. The maximum absolute atomic E-state index is 9.96.